The fourth-order valence-corrected chi connectivity index (χ4v) is 2.20. The SMILES string of the molecule is COCCNCCNC(=O)c1ccccc1COc1ccccc1.Cl. The van der Waals surface area contributed by atoms with Crippen molar-refractivity contribution in [3.05, 3.63) is 65.7 Å². The zero-order valence-corrected chi connectivity index (χ0v) is 15.2. The highest BCUT2D eigenvalue weighted by Crippen LogP contribution is 2.14. The molecule has 0 saturated carbocycles. The van der Waals surface area contributed by atoms with Crippen molar-refractivity contribution in [2.75, 3.05) is 33.4 Å². The molecule has 0 aliphatic heterocycles. The summed E-state index contributed by atoms with van der Waals surface area (Å²) in [7, 11) is 1.66. The van der Waals surface area contributed by atoms with E-state index in [1.807, 2.05) is 54.6 Å². The van der Waals surface area contributed by atoms with Crippen LogP contribution in [0.4, 0.5) is 0 Å². The van der Waals surface area contributed by atoms with E-state index in [-0.39, 0.29) is 18.3 Å². The third kappa shape index (κ3) is 7.56. The second-order valence-electron chi connectivity index (χ2n) is 5.26. The van der Waals surface area contributed by atoms with Gasteiger partial charge in [-0.1, -0.05) is 36.4 Å². The molecule has 0 unspecified atom stereocenters. The third-order valence-corrected chi connectivity index (χ3v) is 3.47. The molecule has 2 rings (SSSR count). The number of halogens is 1. The molecule has 0 saturated heterocycles. The van der Waals surface area contributed by atoms with Gasteiger partial charge in [0.15, 0.2) is 0 Å². The van der Waals surface area contributed by atoms with E-state index in [9.17, 15) is 4.79 Å². The average molecular weight is 365 g/mol. The number of amides is 1. The number of methoxy groups -OCH3 is 1. The van der Waals surface area contributed by atoms with Gasteiger partial charge in [-0.15, -0.1) is 12.4 Å². The molecule has 0 aromatic heterocycles. The average Bonchev–Trinajstić information content (AvgIpc) is 2.64. The molecule has 0 aliphatic carbocycles. The molecule has 0 fully saturated rings. The first-order chi connectivity index (χ1) is 11.8. The zero-order chi connectivity index (χ0) is 17.0. The molecule has 0 spiro atoms. The quantitative estimate of drug-likeness (QED) is 0.636. The van der Waals surface area contributed by atoms with Gasteiger partial charge in [-0.05, 0) is 18.2 Å². The Bertz CT molecular complexity index is 623. The summed E-state index contributed by atoms with van der Waals surface area (Å²) in [5, 5.41) is 6.11. The van der Waals surface area contributed by atoms with Crippen LogP contribution < -0.4 is 15.4 Å². The topological polar surface area (TPSA) is 59.6 Å². The van der Waals surface area contributed by atoms with Gasteiger partial charge in [0.25, 0.3) is 5.91 Å². The minimum absolute atomic E-state index is 0. The predicted molar refractivity (Wildman–Crippen MR) is 102 cm³/mol. The number of nitrogens with one attached hydrogen (secondary N) is 2. The van der Waals surface area contributed by atoms with Gasteiger partial charge >= 0.3 is 0 Å². The number of benzene rings is 2. The Morgan fingerprint density at radius 1 is 0.960 bits per heavy atom. The van der Waals surface area contributed by atoms with E-state index in [1.54, 1.807) is 7.11 Å². The second-order valence-corrected chi connectivity index (χ2v) is 5.26. The summed E-state index contributed by atoms with van der Waals surface area (Å²) in [6.07, 6.45) is 0. The number of carbonyl (C=O) groups excluding carboxylic acids is 1. The summed E-state index contributed by atoms with van der Waals surface area (Å²) < 4.78 is 10.7. The number of carbonyl (C=O) groups is 1. The van der Waals surface area contributed by atoms with E-state index in [0.717, 1.165) is 17.9 Å². The molecule has 6 heteroatoms. The van der Waals surface area contributed by atoms with Gasteiger partial charge in [-0.2, -0.15) is 0 Å². The molecule has 5 nitrogen and oxygen atoms in total. The van der Waals surface area contributed by atoms with E-state index in [4.69, 9.17) is 9.47 Å². The number of ether oxygens (including phenoxy) is 2. The summed E-state index contributed by atoms with van der Waals surface area (Å²) in [5.74, 6) is 0.700. The lowest BCUT2D eigenvalue weighted by molar-refractivity contribution is 0.0951. The maximum atomic E-state index is 12.3. The number of hydrogen-bond acceptors (Lipinski definition) is 4. The van der Waals surface area contributed by atoms with Crippen molar-refractivity contribution < 1.29 is 14.3 Å². The Hall–Kier alpha value is -2.08. The van der Waals surface area contributed by atoms with Crippen molar-refractivity contribution in [3.63, 3.8) is 0 Å². The fraction of sp³-hybridized carbons (Fsp3) is 0.316. The zero-order valence-electron chi connectivity index (χ0n) is 14.4. The standard InChI is InChI=1S/C19H24N2O3.ClH/c1-23-14-13-20-11-12-21-19(22)18-10-6-5-7-16(18)15-24-17-8-3-2-4-9-17;/h2-10,20H,11-15H2,1H3,(H,21,22);1H. The minimum Gasteiger partial charge on any atom is -0.489 e. The van der Waals surface area contributed by atoms with Gasteiger partial charge in [0, 0.05) is 37.9 Å². The maximum Gasteiger partial charge on any atom is 0.251 e. The molecule has 136 valence electrons. The maximum absolute atomic E-state index is 12.3. The lowest BCUT2D eigenvalue weighted by Crippen LogP contribution is -2.33. The lowest BCUT2D eigenvalue weighted by Gasteiger charge is -2.12. The number of para-hydroxylation sites is 1. The Kier molecular flexibility index (Phi) is 10.3. The van der Waals surface area contributed by atoms with Crippen LogP contribution in [-0.2, 0) is 11.3 Å². The summed E-state index contributed by atoms with van der Waals surface area (Å²) in [6, 6.07) is 17.1. The van der Waals surface area contributed by atoms with Gasteiger partial charge in [0.1, 0.15) is 12.4 Å². The highest BCUT2D eigenvalue weighted by molar-refractivity contribution is 5.95. The molecule has 1 amide bonds. The molecule has 0 bridgehead atoms. The van der Waals surface area contributed by atoms with Crippen LogP contribution in [0.15, 0.2) is 54.6 Å². The molecule has 0 atom stereocenters. The highest BCUT2D eigenvalue weighted by Gasteiger charge is 2.10. The number of rotatable bonds is 10. The van der Waals surface area contributed by atoms with Gasteiger partial charge in [-0.25, -0.2) is 0 Å². The van der Waals surface area contributed by atoms with E-state index in [0.29, 0.717) is 31.9 Å². The Labute approximate surface area is 155 Å². The van der Waals surface area contributed by atoms with Gasteiger partial charge in [0.05, 0.1) is 6.61 Å². The summed E-state index contributed by atoms with van der Waals surface area (Å²) >= 11 is 0. The Balaban J connectivity index is 0.00000312. The van der Waals surface area contributed by atoms with Gasteiger partial charge in [-0.3, -0.25) is 4.79 Å². The smallest absolute Gasteiger partial charge is 0.251 e. The van der Waals surface area contributed by atoms with Crippen molar-refractivity contribution in [3.8, 4) is 5.75 Å². The summed E-state index contributed by atoms with van der Waals surface area (Å²) in [6.45, 7) is 3.06. The van der Waals surface area contributed by atoms with Crippen LogP contribution in [0.5, 0.6) is 5.75 Å². The predicted octanol–water partition coefficient (Wildman–Crippen LogP) is 2.65. The molecule has 0 heterocycles. The number of hydrogen-bond donors (Lipinski definition) is 2. The molecular weight excluding hydrogens is 340 g/mol. The molecule has 0 aliphatic rings. The van der Waals surface area contributed by atoms with Crippen LogP contribution >= 0.6 is 12.4 Å². The van der Waals surface area contributed by atoms with E-state index < -0.39 is 0 Å². The monoisotopic (exact) mass is 364 g/mol. The van der Waals surface area contributed by atoms with Crippen LogP contribution in [0.1, 0.15) is 15.9 Å². The van der Waals surface area contributed by atoms with Crippen molar-refractivity contribution in [2.24, 2.45) is 0 Å². The van der Waals surface area contributed by atoms with Crippen molar-refractivity contribution >= 4 is 18.3 Å². The van der Waals surface area contributed by atoms with Crippen LogP contribution in [0, 0.1) is 0 Å². The molecular formula is C19H25ClN2O3. The van der Waals surface area contributed by atoms with Crippen molar-refractivity contribution in [1.82, 2.24) is 10.6 Å². The lowest BCUT2D eigenvalue weighted by atomic mass is 10.1. The summed E-state index contributed by atoms with van der Waals surface area (Å²) in [4.78, 5) is 12.3. The second kappa shape index (κ2) is 12.3. The first kappa shape index (κ1) is 21.0. The largest absolute Gasteiger partial charge is 0.489 e. The third-order valence-electron chi connectivity index (χ3n) is 3.47. The first-order valence-electron chi connectivity index (χ1n) is 8.05. The van der Waals surface area contributed by atoms with E-state index in [1.165, 1.54) is 0 Å². The Morgan fingerprint density at radius 2 is 1.68 bits per heavy atom. The highest BCUT2D eigenvalue weighted by atomic mass is 35.5. The molecule has 2 N–H and O–H groups in total. The normalized spacial score (nSPS) is 9.96. The first-order valence-corrected chi connectivity index (χ1v) is 8.05. The van der Waals surface area contributed by atoms with E-state index >= 15 is 0 Å². The minimum atomic E-state index is -0.0872. The fourth-order valence-electron chi connectivity index (χ4n) is 2.20. The van der Waals surface area contributed by atoms with Crippen molar-refractivity contribution in [2.45, 2.75) is 6.61 Å². The molecule has 2 aromatic rings. The van der Waals surface area contributed by atoms with Gasteiger partial charge in [0.2, 0.25) is 0 Å². The van der Waals surface area contributed by atoms with E-state index in [2.05, 4.69) is 10.6 Å². The van der Waals surface area contributed by atoms with Crippen molar-refractivity contribution in [1.29, 1.82) is 0 Å². The molecule has 2 aromatic carbocycles. The van der Waals surface area contributed by atoms with Gasteiger partial charge < -0.3 is 20.1 Å². The Morgan fingerprint density at radius 3 is 2.44 bits per heavy atom. The van der Waals surface area contributed by atoms with Crippen LogP contribution in [-0.4, -0.2) is 39.3 Å². The van der Waals surface area contributed by atoms with Crippen LogP contribution in [0.2, 0.25) is 0 Å². The van der Waals surface area contributed by atoms with Crippen LogP contribution in [0.3, 0.4) is 0 Å². The van der Waals surface area contributed by atoms with Crippen LogP contribution in [0.25, 0.3) is 0 Å². The molecule has 25 heavy (non-hydrogen) atoms. The summed E-state index contributed by atoms with van der Waals surface area (Å²) in [5.41, 5.74) is 1.51. The molecule has 0 radical (unpaired) electrons.